The average molecular weight is 486 g/mol. The molecule has 0 radical (unpaired) electrons. The Hall–Kier alpha value is -3.48. The predicted molar refractivity (Wildman–Crippen MR) is 140 cm³/mol. The normalized spacial score (nSPS) is 16.5. The van der Waals surface area contributed by atoms with Crippen LogP contribution < -0.4 is 10.4 Å². The SMILES string of the molecule is CC(C)(C)[Si](OC/C=C/C(=O)N1C(=O)OC[C@@H]1c1ccccc1)(c1ccccc1)c1ccccc1. The molecule has 1 aliphatic rings. The van der Waals surface area contributed by atoms with Gasteiger partial charge >= 0.3 is 6.09 Å². The summed E-state index contributed by atoms with van der Waals surface area (Å²) >= 11 is 0. The van der Waals surface area contributed by atoms with E-state index in [9.17, 15) is 9.59 Å². The summed E-state index contributed by atoms with van der Waals surface area (Å²) in [4.78, 5) is 26.5. The van der Waals surface area contributed by atoms with Crippen LogP contribution in [-0.2, 0) is 14.0 Å². The highest BCUT2D eigenvalue weighted by Gasteiger charge is 2.50. The highest BCUT2D eigenvalue weighted by atomic mass is 28.4. The summed E-state index contributed by atoms with van der Waals surface area (Å²) in [6.07, 6.45) is 2.50. The number of carbonyl (C=O) groups is 2. The van der Waals surface area contributed by atoms with Gasteiger partial charge in [0.2, 0.25) is 0 Å². The molecule has 5 nitrogen and oxygen atoms in total. The molecule has 4 rings (SSSR count). The molecule has 3 aromatic carbocycles. The van der Waals surface area contributed by atoms with E-state index in [1.165, 1.54) is 21.3 Å². The highest BCUT2D eigenvalue weighted by molar-refractivity contribution is 6.99. The Bertz CT molecular complexity index is 1130. The van der Waals surface area contributed by atoms with Crippen LogP contribution in [0.4, 0.5) is 4.79 Å². The van der Waals surface area contributed by atoms with E-state index in [-0.39, 0.29) is 18.3 Å². The number of benzene rings is 3. The zero-order valence-corrected chi connectivity index (χ0v) is 21.4. The Morgan fingerprint density at radius 1 is 0.943 bits per heavy atom. The van der Waals surface area contributed by atoms with Crippen LogP contribution in [-0.4, -0.2) is 38.4 Å². The molecule has 2 amide bonds. The van der Waals surface area contributed by atoms with Crippen molar-refractivity contribution in [3.63, 3.8) is 0 Å². The molecule has 1 saturated heterocycles. The van der Waals surface area contributed by atoms with Crippen LogP contribution in [0.2, 0.25) is 5.04 Å². The van der Waals surface area contributed by atoms with Crippen molar-refractivity contribution < 1.29 is 18.8 Å². The molecule has 1 aliphatic heterocycles. The lowest BCUT2D eigenvalue weighted by atomic mass is 10.1. The fourth-order valence-electron chi connectivity index (χ4n) is 4.75. The van der Waals surface area contributed by atoms with Crippen LogP contribution in [0, 0.1) is 0 Å². The Morgan fingerprint density at radius 3 is 1.97 bits per heavy atom. The summed E-state index contributed by atoms with van der Waals surface area (Å²) in [5, 5.41) is 2.18. The number of hydrogen-bond donors (Lipinski definition) is 0. The van der Waals surface area contributed by atoms with Gasteiger partial charge in [0.15, 0.2) is 0 Å². The van der Waals surface area contributed by atoms with E-state index in [1.54, 1.807) is 6.08 Å². The lowest BCUT2D eigenvalue weighted by molar-refractivity contribution is -0.124. The topological polar surface area (TPSA) is 55.8 Å². The minimum Gasteiger partial charge on any atom is -0.446 e. The van der Waals surface area contributed by atoms with Gasteiger partial charge in [-0.1, -0.05) is 118 Å². The third-order valence-corrected chi connectivity index (χ3v) is 11.4. The smallest absolute Gasteiger partial charge is 0.417 e. The zero-order valence-electron chi connectivity index (χ0n) is 20.4. The van der Waals surface area contributed by atoms with Gasteiger partial charge in [0.05, 0.1) is 6.61 Å². The minimum atomic E-state index is -2.70. The van der Waals surface area contributed by atoms with Gasteiger partial charge in [-0.2, -0.15) is 0 Å². The quantitative estimate of drug-likeness (QED) is 0.355. The average Bonchev–Trinajstić information content (AvgIpc) is 3.26. The number of nitrogens with zero attached hydrogens (tertiary/aromatic N) is 1. The summed E-state index contributed by atoms with van der Waals surface area (Å²) in [5.74, 6) is -0.410. The third-order valence-electron chi connectivity index (χ3n) is 6.37. The first-order valence-corrected chi connectivity index (χ1v) is 13.7. The first-order chi connectivity index (χ1) is 16.8. The fraction of sp³-hybridized carbons (Fsp3) is 0.241. The van der Waals surface area contributed by atoms with Crippen LogP contribution >= 0.6 is 0 Å². The number of carbonyl (C=O) groups excluding carboxylic acids is 2. The predicted octanol–water partition coefficient (Wildman–Crippen LogP) is 4.84. The van der Waals surface area contributed by atoms with Crippen molar-refractivity contribution in [2.75, 3.05) is 13.2 Å². The third kappa shape index (κ3) is 4.99. The molecular formula is C29H31NO4Si. The number of cyclic esters (lactones) is 1. The summed E-state index contributed by atoms with van der Waals surface area (Å²) in [7, 11) is -2.70. The van der Waals surface area contributed by atoms with Crippen molar-refractivity contribution in [2.45, 2.75) is 31.9 Å². The molecule has 6 heteroatoms. The molecule has 0 spiro atoms. The van der Waals surface area contributed by atoms with E-state index < -0.39 is 26.4 Å². The monoisotopic (exact) mass is 485 g/mol. The second-order valence-corrected chi connectivity index (χ2v) is 13.9. The maximum Gasteiger partial charge on any atom is 0.417 e. The van der Waals surface area contributed by atoms with Crippen LogP contribution in [0.15, 0.2) is 103 Å². The van der Waals surface area contributed by atoms with Gasteiger partial charge in [-0.25, -0.2) is 9.69 Å². The van der Waals surface area contributed by atoms with Crippen molar-refractivity contribution >= 4 is 30.7 Å². The molecule has 0 aliphatic carbocycles. The number of ether oxygens (including phenoxy) is 1. The van der Waals surface area contributed by atoms with Crippen molar-refractivity contribution in [3.8, 4) is 0 Å². The largest absolute Gasteiger partial charge is 0.446 e. The first-order valence-electron chi connectivity index (χ1n) is 11.8. The maximum absolute atomic E-state index is 13.0. The molecule has 0 N–H and O–H groups in total. The standard InChI is InChI=1S/C29H31NO4Si/c1-29(2,3)35(24-16-9-5-10-17-24,25-18-11-6-12-19-25)34-21-13-20-27(31)30-26(22-33-28(30)32)23-14-7-4-8-15-23/h4-20,26H,21-22H2,1-3H3/b20-13+/t26-/m1/s1. The van der Waals surface area contributed by atoms with Gasteiger partial charge in [0, 0.05) is 6.08 Å². The molecule has 0 saturated carbocycles. The maximum atomic E-state index is 13.0. The Labute approximate surface area is 208 Å². The molecule has 0 aromatic heterocycles. The second kappa shape index (κ2) is 10.4. The molecule has 3 aromatic rings. The van der Waals surface area contributed by atoms with E-state index in [2.05, 4.69) is 45.0 Å². The van der Waals surface area contributed by atoms with E-state index >= 15 is 0 Å². The zero-order chi connectivity index (χ0) is 24.9. The molecule has 1 atom stereocenters. The molecule has 35 heavy (non-hydrogen) atoms. The lowest BCUT2D eigenvalue weighted by Crippen LogP contribution is -2.66. The molecule has 1 fully saturated rings. The van der Waals surface area contributed by atoms with E-state index in [4.69, 9.17) is 9.16 Å². The Kier molecular flexibility index (Phi) is 7.33. The minimum absolute atomic E-state index is 0.154. The van der Waals surface area contributed by atoms with E-state index in [1.807, 2.05) is 66.7 Å². The Balaban J connectivity index is 1.58. The van der Waals surface area contributed by atoms with Crippen LogP contribution in [0.1, 0.15) is 32.4 Å². The first kappa shape index (κ1) is 24.6. The molecule has 0 unspecified atom stereocenters. The molecule has 1 heterocycles. The summed E-state index contributed by atoms with van der Waals surface area (Å²) in [5.41, 5.74) is 0.865. The van der Waals surface area contributed by atoms with Crippen molar-refractivity contribution in [1.29, 1.82) is 0 Å². The number of rotatable bonds is 7. The van der Waals surface area contributed by atoms with Gasteiger partial charge in [0.25, 0.3) is 14.2 Å². The Morgan fingerprint density at radius 2 is 1.46 bits per heavy atom. The van der Waals surface area contributed by atoms with Crippen molar-refractivity contribution in [3.05, 3.63) is 109 Å². The fourth-order valence-corrected chi connectivity index (χ4v) is 9.25. The van der Waals surface area contributed by atoms with Gasteiger partial charge < -0.3 is 9.16 Å². The van der Waals surface area contributed by atoms with Crippen LogP contribution in [0.5, 0.6) is 0 Å². The second-order valence-electron chi connectivity index (χ2n) is 9.59. The van der Waals surface area contributed by atoms with Crippen molar-refractivity contribution in [2.24, 2.45) is 0 Å². The van der Waals surface area contributed by atoms with Gasteiger partial charge in [-0.15, -0.1) is 0 Å². The highest BCUT2D eigenvalue weighted by Crippen LogP contribution is 2.36. The number of hydrogen-bond acceptors (Lipinski definition) is 4. The molecular weight excluding hydrogens is 454 g/mol. The van der Waals surface area contributed by atoms with Crippen LogP contribution in [0.3, 0.4) is 0 Å². The van der Waals surface area contributed by atoms with Crippen molar-refractivity contribution in [1.82, 2.24) is 4.90 Å². The van der Waals surface area contributed by atoms with Gasteiger partial charge in [-0.3, -0.25) is 4.79 Å². The van der Waals surface area contributed by atoms with Crippen LogP contribution in [0.25, 0.3) is 0 Å². The van der Waals surface area contributed by atoms with Gasteiger partial charge in [-0.05, 0) is 21.0 Å². The molecule has 180 valence electrons. The summed E-state index contributed by atoms with van der Waals surface area (Å²) < 4.78 is 12.0. The van der Waals surface area contributed by atoms with E-state index in [0.29, 0.717) is 0 Å². The van der Waals surface area contributed by atoms with E-state index in [0.717, 1.165) is 5.56 Å². The van der Waals surface area contributed by atoms with Gasteiger partial charge in [0.1, 0.15) is 12.6 Å². The number of amides is 2. The number of imide groups is 1. The summed E-state index contributed by atoms with van der Waals surface area (Å²) in [6, 6.07) is 29.7. The lowest BCUT2D eigenvalue weighted by Gasteiger charge is -2.42. The summed E-state index contributed by atoms with van der Waals surface area (Å²) in [6.45, 7) is 7.02. The molecule has 0 bridgehead atoms.